The number of nitrogens with one attached hydrogen (secondary N) is 1. The maximum atomic E-state index is 11.0. The second kappa shape index (κ2) is 4.86. The first-order chi connectivity index (χ1) is 6.68. The topological polar surface area (TPSA) is 85.3 Å². The van der Waals surface area contributed by atoms with Gasteiger partial charge in [-0.3, -0.25) is 9.59 Å². The lowest BCUT2D eigenvalue weighted by atomic mass is 10.4. The van der Waals surface area contributed by atoms with Crippen molar-refractivity contribution in [3.63, 3.8) is 0 Å². The van der Waals surface area contributed by atoms with Gasteiger partial charge in [0.05, 0.1) is 12.8 Å². The molecule has 0 radical (unpaired) electrons. The Kier molecular flexibility index (Phi) is 3.49. The van der Waals surface area contributed by atoms with Gasteiger partial charge in [-0.1, -0.05) is 0 Å². The molecule has 2 amide bonds. The molecule has 0 bridgehead atoms. The quantitative estimate of drug-likeness (QED) is 0.656. The SMILES string of the molecule is NC(=O)CNC(=O)/C=C/c1ccco1. The number of carbonyl (C=O) groups is 2. The monoisotopic (exact) mass is 194 g/mol. The van der Waals surface area contributed by atoms with Crippen molar-refractivity contribution < 1.29 is 14.0 Å². The average molecular weight is 194 g/mol. The van der Waals surface area contributed by atoms with Gasteiger partial charge < -0.3 is 15.5 Å². The summed E-state index contributed by atoms with van der Waals surface area (Å²) >= 11 is 0. The predicted octanol–water partition coefficient (Wildman–Crippen LogP) is -0.106. The fraction of sp³-hybridized carbons (Fsp3) is 0.111. The summed E-state index contributed by atoms with van der Waals surface area (Å²) in [7, 11) is 0. The lowest BCUT2D eigenvalue weighted by molar-refractivity contribution is -0.122. The van der Waals surface area contributed by atoms with Gasteiger partial charge >= 0.3 is 0 Å². The molecule has 0 fully saturated rings. The minimum Gasteiger partial charge on any atom is -0.465 e. The third kappa shape index (κ3) is 3.57. The normalized spacial score (nSPS) is 10.3. The van der Waals surface area contributed by atoms with Crippen molar-refractivity contribution in [3.8, 4) is 0 Å². The van der Waals surface area contributed by atoms with Crippen LogP contribution in [0, 0.1) is 0 Å². The molecule has 1 heterocycles. The smallest absolute Gasteiger partial charge is 0.244 e. The van der Waals surface area contributed by atoms with Crippen molar-refractivity contribution in [1.82, 2.24) is 5.32 Å². The third-order valence-electron chi connectivity index (χ3n) is 1.38. The standard InChI is InChI=1S/C9H10N2O3/c10-8(12)6-11-9(13)4-3-7-2-1-5-14-7/h1-5H,6H2,(H2,10,12)(H,11,13)/b4-3+. The molecule has 1 aromatic rings. The molecule has 0 saturated carbocycles. The first-order valence-corrected chi connectivity index (χ1v) is 3.96. The van der Waals surface area contributed by atoms with Gasteiger partial charge in [-0.25, -0.2) is 0 Å². The Hall–Kier alpha value is -2.04. The van der Waals surface area contributed by atoms with E-state index in [1.54, 1.807) is 12.1 Å². The fourth-order valence-corrected chi connectivity index (χ4v) is 0.777. The first-order valence-electron chi connectivity index (χ1n) is 3.96. The van der Waals surface area contributed by atoms with Crippen molar-refractivity contribution in [3.05, 3.63) is 30.2 Å². The Morgan fingerprint density at radius 1 is 1.57 bits per heavy atom. The van der Waals surface area contributed by atoms with Crippen LogP contribution in [0.2, 0.25) is 0 Å². The van der Waals surface area contributed by atoms with E-state index in [0.29, 0.717) is 5.76 Å². The van der Waals surface area contributed by atoms with Crippen LogP contribution in [-0.4, -0.2) is 18.4 Å². The van der Waals surface area contributed by atoms with Crippen LogP contribution in [-0.2, 0) is 9.59 Å². The van der Waals surface area contributed by atoms with Gasteiger partial charge in [0.2, 0.25) is 11.8 Å². The lowest BCUT2D eigenvalue weighted by Gasteiger charge is -1.95. The molecule has 74 valence electrons. The van der Waals surface area contributed by atoms with E-state index >= 15 is 0 Å². The zero-order valence-corrected chi connectivity index (χ0v) is 7.40. The van der Waals surface area contributed by atoms with E-state index < -0.39 is 5.91 Å². The molecule has 0 unspecified atom stereocenters. The van der Waals surface area contributed by atoms with Crippen molar-refractivity contribution in [1.29, 1.82) is 0 Å². The summed E-state index contributed by atoms with van der Waals surface area (Å²) in [5.74, 6) is -0.399. The van der Waals surface area contributed by atoms with Crippen LogP contribution >= 0.6 is 0 Å². The number of carbonyl (C=O) groups excluding carboxylic acids is 2. The van der Waals surface area contributed by atoms with E-state index in [9.17, 15) is 9.59 Å². The van der Waals surface area contributed by atoms with E-state index in [2.05, 4.69) is 5.32 Å². The number of nitrogens with two attached hydrogens (primary N) is 1. The van der Waals surface area contributed by atoms with Crippen LogP contribution in [0.3, 0.4) is 0 Å². The second-order valence-electron chi connectivity index (χ2n) is 2.53. The highest BCUT2D eigenvalue weighted by atomic mass is 16.3. The Morgan fingerprint density at radius 2 is 2.36 bits per heavy atom. The van der Waals surface area contributed by atoms with Crippen molar-refractivity contribution >= 4 is 17.9 Å². The average Bonchev–Trinajstić information content (AvgIpc) is 2.63. The molecular weight excluding hydrogens is 184 g/mol. The van der Waals surface area contributed by atoms with Crippen molar-refractivity contribution in [2.24, 2.45) is 5.73 Å². The second-order valence-corrected chi connectivity index (χ2v) is 2.53. The molecule has 0 aromatic carbocycles. The van der Waals surface area contributed by atoms with E-state index in [0.717, 1.165) is 0 Å². The molecule has 0 aliphatic rings. The number of furan rings is 1. The van der Waals surface area contributed by atoms with E-state index in [1.807, 2.05) is 0 Å². The van der Waals surface area contributed by atoms with Crippen molar-refractivity contribution in [2.45, 2.75) is 0 Å². The van der Waals surface area contributed by atoms with Gasteiger partial charge in [0.15, 0.2) is 0 Å². The van der Waals surface area contributed by atoms with Gasteiger partial charge in [-0.2, -0.15) is 0 Å². The summed E-state index contributed by atoms with van der Waals surface area (Å²) in [5.41, 5.74) is 4.84. The number of hydrogen-bond acceptors (Lipinski definition) is 3. The molecule has 0 atom stereocenters. The maximum Gasteiger partial charge on any atom is 0.244 e. The Bertz CT molecular complexity index is 341. The van der Waals surface area contributed by atoms with E-state index in [1.165, 1.54) is 18.4 Å². The van der Waals surface area contributed by atoms with Gasteiger partial charge in [0.1, 0.15) is 5.76 Å². The predicted molar refractivity (Wildman–Crippen MR) is 49.9 cm³/mol. The van der Waals surface area contributed by atoms with E-state index in [4.69, 9.17) is 10.2 Å². The zero-order valence-electron chi connectivity index (χ0n) is 7.40. The molecule has 0 aliphatic heterocycles. The number of rotatable bonds is 4. The molecule has 14 heavy (non-hydrogen) atoms. The van der Waals surface area contributed by atoms with Crippen LogP contribution in [0.25, 0.3) is 6.08 Å². The summed E-state index contributed by atoms with van der Waals surface area (Å²) in [6.07, 6.45) is 4.26. The Morgan fingerprint density at radius 3 is 2.93 bits per heavy atom. The fourth-order valence-electron chi connectivity index (χ4n) is 0.777. The third-order valence-corrected chi connectivity index (χ3v) is 1.38. The molecule has 0 aliphatic carbocycles. The van der Waals surface area contributed by atoms with Gasteiger partial charge in [-0.05, 0) is 18.2 Å². The maximum absolute atomic E-state index is 11.0. The molecular formula is C9H10N2O3. The molecule has 5 nitrogen and oxygen atoms in total. The number of primary amides is 1. The van der Waals surface area contributed by atoms with Crippen LogP contribution < -0.4 is 11.1 Å². The summed E-state index contributed by atoms with van der Waals surface area (Å²) in [6, 6.07) is 3.42. The number of amides is 2. The van der Waals surface area contributed by atoms with Crippen LogP contribution in [0.5, 0.6) is 0 Å². The molecule has 0 saturated heterocycles. The van der Waals surface area contributed by atoms with Crippen LogP contribution in [0.15, 0.2) is 28.9 Å². The van der Waals surface area contributed by atoms with Gasteiger partial charge in [0, 0.05) is 6.08 Å². The molecule has 1 rings (SSSR count). The molecule has 0 spiro atoms. The highest BCUT2D eigenvalue weighted by molar-refractivity contribution is 5.93. The van der Waals surface area contributed by atoms with Gasteiger partial charge in [0.25, 0.3) is 0 Å². The molecule has 1 aromatic heterocycles. The minimum absolute atomic E-state index is 0.165. The summed E-state index contributed by atoms with van der Waals surface area (Å²) in [4.78, 5) is 21.3. The van der Waals surface area contributed by atoms with Crippen LogP contribution in [0.4, 0.5) is 0 Å². The Labute approximate surface area is 80.6 Å². The van der Waals surface area contributed by atoms with Crippen LogP contribution in [0.1, 0.15) is 5.76 Å². The van der Waals surface area contributed by atoms with E-state index in [-0.39, 0.29) is 12.5 Å². The van der Waals surface area contributed by atoms with Crippen molar-refractivity contribution in [2.75, 3.05) is 6.54 Å². The number of hydrogen-bond donors (Lipinski definition) is 2. The summed E-state index contributed by atoms with van der Waals surface area (Å²) in [5, 5.41) is 2.30. The first kappa shape index (κ1) is 10.0. The highest BCUT2D eigenvalue weighted by Gasteiger charge is 1.97. The largest absolute Gasteiger partial charge is 0.465 e. The highest BCUT2D eigenvalue weighted by Crippen LogP contribution is 2.01. The molecule has 3 N–H and O–H groups in total. The minimum atomic E-state index is -0.579. The lowest BCUT2D eigenvalue weighted by Crippen LogP contribution is -2.32. The van der Waals surface area contributed by atoms with Gasteiger partial charge in [-0.15, -0.1) is 0 Å². The summed E-state index contributed by atoms with van der Waals surface area (Å²) < 4.78 is 4.95. The molecule has 5 heteroatoms. The zero-order chi connectivity index (χ0) is 10.4. The Balaban J connectivity index is 2.37. The summed E-state index contributed by atoms with van der Waals surface area (Å²) in [6.45, 7) is -0.165.